The largest absolute Gasteiger partial charge is 0.0882 e. The van der Waals surface area contributed by atoms with Gasteiger partial charge in [0.1, 0.15) is 0 Å². The first-order valence-corrected chi connectivity index (χ1v) is 8.67. The van der Waals surface area contributed by atoms with Crippen LogP contribution in [-0.4, -0.2) is 8.07 Å². The summed E-state index contributed by atoms with van der Waals surface area (Å²) in [6.07, 6.45) is 6.05. The first-order valence-electron chi connectivity index (χ1n) is 5.39. The smallest absolute Gasteiger partial charge is 0.0590 e. The third-order valence-electron chi connectivity index (χ3n) is 3.26. The average molecular weight is 202 g/mol. The summed E-state index contributed by atoms with van der Waals surface area (Å²) in [7, 11) is -1.05. The van der Waals surface area contributed by atoms with Crippen molar-refractivity contribution < 1.29 is 0 Å². The van der Waals surface area contributed by atoms with Crippen molar-refractivity contribution in [1.82, 2.24) is 0 Å². The first kappa shape index (κ1) is 9.72. The predicted molar refractivity (Wildman–Crippen MR) is 65.1 cm³/mol. The van der Waals surface area contributed by atoms with Crippen LogP contribution >= 0.6 is 0 Å². The highest BCUT2D eigenvalue weighted by molar-refractivity contribution is 6.79. The average Bonchev–Trinajstić information content (AvgIpc) is 2.00. The summed E-state index contributed by atoms with van der Waals surface area (Å²) in [5, 5.41) is 0. The standard InChI is InChI=1S/C13H18Si/c1-14(2,13-9-6-10-13)11-12-7-4-3-5-8-12/h3-9,13H,10-11H2,1-2H3. The molecule has 1 unspecified atom stereocenters. The predicted octanol–water partition coefficient (Wildman–Crippen LogP) is 3.81. The summed E-state index contributed by atoms with van der Waals surface area (Å²) in [5.74, 6) is 0. The second-order valence-corrected chi connectivity index (χ2v) is 9.99. The number of hydrogen-bond acceptors (Lipinski definition) is 0. The normalized spacial score (nSPS) is 20.6. The van der Waals surface area contributed by atoms with Gasteiger partial charge in [0.15, 0.2) is 0 Å². The van der Waals surface area contributed by atoms with Crippen LogP contribution in [0.2, 0.25) is 18.6 Å². The third kappa shape index (κ3) is 1.98. The quantitative estimate of drug-likeness (QED) is 0.516. The van der Waals surface area contributed by atoms with E-state index in [0.29, 0.717) is 0 Å². The van der Waals surface area contributed by atoms with E-state index in [2.05, 4.69) is 55.6 Å². The van der Waals surface area contributed by atoms with E-state index in [9.17, 15) is 0 Å². The molecule has 1 aromatic carbocycles. The highest BCUT2D eigenvalue weighted by Crippen LogP contribution is 2.36. The molecular formula is C13H18Si. The molecule has 0 amide bonds. The van der Waals surface area contributed by atoms with Gasteiger partial charge in [-0.1, -0.05) is 61.1 Å². The molecule has 0 nitrogen and oxygen atoms in total. The van der Waals surface area contributed by atoms with Crippen LogP contribution < -0.4 is 0 Å². The van der Waals surface area contributed by atoms with Gasteiger partial charge in [0.25, 0.3) is 0 Å². The van der Waals surface area contributed by atoms with Crippen molar-refractivity contribution in [2.24, 2.45) is 0 Å². The van der Waals surface area contributed by atoms with Gasteiger partial charge in [0.05, 0.1) is 8.07 Å². The fourth-order valence-electron chi connectivity index (χ4n) is 2.10. The highest BCUT2D eigenvalue weighted by atomic mass is 28.3. The van der Waals surface area contributed by atoms with Crippen LogP contribution in [0.1, 0.15) is 12.0 Å². The molecule has 0 saturated heterocycles. The lowest BCUT2D eigenvalue weighted by Crippen LogP contribution is -2.36. The molecule has 0 saturated carbocycles. The first-order chi connectivity index (χ1) is 6.68. The molecule has 0 fully saturated rings. The summed E-state index contributed by atoms with van der Waals surface area (Å²) >= 11 is 0. The molecule has 14 heavy (non-hydrogen) atoms. The van der Waals surface area contributed by atoms with Crippen LogP contribution in [0.25, 0.3) is 0 Å². The molecule has 0 heterocycles. The lowest BCUT2D eigenvalue weighted by Gasteiger charge is -2.34. The molecule has 0 aliphatic heterocycles. The number of benzene rings is 1. The van der Waals surface area contributed by atoms with Crippen molar-refractivity contribution in [2.45, 2.75) is 31.1 Å². The Labute approximate surface area is 87.7 Å². The van der Waals surface area contributed by atoms with E-state index >= 15 is 0 Å². The van der Waals surface area contributed by atoms with Gasteiger partial charge >= 0.3 is 0 Å². The summed E-state index contributed by atoms with van der Waals surface area (Å²) < 4.78 is 0. The van der Waals surface area contributed by atoms with Crippen LogP contribution in [-0.2, 0) is 6.04 Å². The maximum atomic E-state index is 2.51. The van der Waals surface area contributed by atoms with Gasteiger partial charge in [0, 0.05) is 0 Å². The number of allylic oxidation sites excluding steroid dienone is 2. The molecule has 0 N–H and O–H groups in total. The third-order valence-corrected chi connectivity index (χ3v) is 7.02. The molecule has 0 aromatic heterocycles. The van der Waals surface area contributed by atoms with E-state index < -0.39 is 8.07 Å². The van der Waals surface area contributed by atoms with Gasteiger partial charge < -0.3 is 0 Å². The fourth-order valence-corrected chi connectivity index (χ4v) is 5.09. The van der Waals surface area contributed by atoms with Crippen molar-refractivity contribution in [3.63, 3.8) is 0 Å². The number of rotatable bonds is 3. The molecule has 74 valence electrons. The van der Waals surface area contributed by atoms with Crippen molar-refractivity contribution in [2.75, 3.05) is 0 Å². The lowest BCUT2D eigenvalue weighted by molar-refractivity contribution is 0.896. The molecule has 1 aromatic rings. The molecular weight excluding hydrogens is 184 g/mol. The van der Waals surface area contributed by atoms with Crippen LogP contribution in [0, 0.1) is 0 Å². The van der Waals surface area contributed by atoms with Crippen LogP contribution in [0.4, 0.5) is 0 Å². The molecule has 2 rings (SSSR count). The van der Waals surface area contributed by atoms with Crippen molar-refractivity contribution in [3.05, 3.63) is 48.0 Å². The highest BCUT2D eigenvalue weighted by Gasteiger charge is 2.32. The van der Waals surface area contributed by atoms with Gasteiger partial charge in [-0.2, -0.15) is 0 Å². The summed E-state index contributed by atoms with van der Waals surface area (Å²) in [6, 6.07) is 12.2. The fraction of sp³-hybridized carbons (Fsp3) is 0.385. The topological polar surface area (TPSA) is 0 Å². The molecule has 1 atom stereocenters. The van der Waals surface area contributed by atoms with E-state index in [4.69, 9.17) is 0 Å². The van der Waals surface area contributed by atoms with E-state index in [1.165, 1.54) is 18.0 Å². The van der Waals surface area contributed by atoms with Crippen molar-refractivity contribution in [3.8, 4) is 0 Å². The molecule has 0 spiro atoms. The maximum Gasteiger partial charge on any atom is 0.0590 e. The van der Waals surface area contributed by atoms with E-state index in [1.54, 1.807) is 0 Å². The van der Waals surface area contributed by atoms with Gasteiger partial charge in [0.2, 0.25) is 0 Å². The zero-order chi connectivity index (χ0) is 10.0. The van der Waals surface area contributed by atoms with Crippen LogP contribution in [0.5, 0.6) is 0 Å². The minimum atomic E-state index is -1.05. The second kappa shape index (κ2) is 3.74. The van der Waals surface area contributed by atoms with E-state index in [0.717, 1.165) is 5.54 Å². The Hall–Kier alpha value is -0.823. The van der Waals surface area contributed by atoms with Crippen LogP contribution in [0.15, 0.2) is 42.5 Å². The SMILES string of the molecule is C[Si](C)(Cc1ccccc1)C1C=CC1. The van der Waals surface area contributed by atoms with E-state index in [1.807, 2.05) is 0 Å². The molecule has 1 heteroatoms. The summed E-state index contributed by atoms with van der Waals surface area (Å²) in [6.45, 7) is 5.02. The molecule has 1 aliphatic rings. The Balaban J connectivity index is 2.06. The molecule has 0 radical (unpaired) electrons. The van der Waals surface area contributed by atoms with Crippen molar-refractivity contribution >= 4 is 8.07 Å². The minimum Gasteiger partial charge on any atom is -0.0882 e. The Morgan fingerprint density at radius 1 is 1.21 bits per heavy atom. The minimum absolute atomic E-state index is 0.919. The Bertz CT molecular complexity index is 324. The summed E-state index contributed by atoms with van der Waals surface area (Å²) in [5.41, 5.74) is 2.44. The Morgan fingerprint density at radius 3 is 2.36 bits per heavy atom. The Morgan fingerprint density at radius 2 is 1.86 bits per heavy atom. The van der Waals surface area contributed by atoms with Gasteiger partial charge in [-0.05, 0) is 18.0 Å². The second-order valence-electron chi connectivity index (χ2n) is 4.92. The zero-order valence-corrected chi connectivity index (χ0v) is 10.0. The zero-order valence-electron chi connectivity index (χ0n) is 9.03. The van der Waals surface area contributed by atoms with E-state index in [-0.39, 0.29) is 0 Å². The maximum absolute atomic E-state index is 2.51. The molecule has 0 bridgehead atoms. The monoisotopic (exact) mass is 202 g/mol. The summed E-state index contributed by atoms with van der Waals surface area (Å²) in [4.78, 5) is 0. The lowest BCUT2D eigenvalue weighted by atomic mass is 10.1. The van der Waals surface area contributed by atoms with Gasteiger partial charge in [-0.25, -0.2) is 0 Å². The van der Waals surface area contributed by atoms with Gasteiger partial charge in [-0.15, -0.1) is 0 Å². The number of hydrogen-bond donors (Lipinski definition) is 0. The molecule has 1 aliphatic carbocycles. The van der Waals surface area contributed by atoms with Gasteiger partial charge in [-0.3, -0.25) is 0 Å². The van der Waals surface area contributed by atoms with Crippen molar-refractivity contribution in [1.29, 1.82) is 0 Å². The Kier molecular flexibility index (Phi) is 2.59. The van der Waals surface area contributed by atoms with Crippen LogP contribution in [0.3, 0.4) is 0 Å².